The van der Waals surface area contributed by atoms with Crippen LogP contribution in [0.3, 0.4) is 0 Å². The standard InChI is InChI=1S/C19H20N4O2/c1-2-21-16(24)12-23-15-11-7-6-10-14(15)17(22-18(20)19(23)25)13-8-4-3-5-9-13/h3-11,18H,2,12,20H2,1H3,(H,21,24). The highest BCUT2D eigenvalue weighted by Crippen LogP contribution is 2.27. The van der Waals surface area contributed by atoms with Gasteiger partial charge in [0.1, 0.15) is 6.54 Å². The molecule has 3 N–H and O–H groups in total. The number of hydrogen-bond donors (Lipinski definition) is 2. The van der Waals surface area contributed by atoms with Gasteiger partial charge in [-0.15, -0.1) is 0 Å². The first-order valence-corrected chi connectivity index (χ1v) is 8.18. The number of benzodiazepines with no additional fused rings is 1. The van der Waals surface area contributed by atoms with Crippen molar-refractivity contribution in [1.82, 2.24) is 5.32 Å². The van der Waals surface area contributed by atoms with E-state index in [1.165, 1.54) is 4.90 Å². The van der Waals surface area contributed by atoms with Crippen molar-refractivity contribution in [2.24, 2.45) is 10.7 Å². The Morgan fingerprint density at radius 1 is 1.16 bits per heavy atom. The molecule has 2 amide bonds. The lowest BCUT2D eigenvalue weighted by Crippen LogP contribution is -2.47. The van der Waals surface area contributed by atoms with Crippen LogP contribution in [0.4, 0.5) is 5.69 Å². The summed E-state index contributed by atoms with van der Waals surface area (Å²) in [4.78, 5) is 30.6. The molecule has 0 spiro atoms. The van der Waals surface area contributed by atoms with E-state index in [4.69, 9.17) is 5.73 Å². The van der Waals surface area contributed by atoms with Gasteiger partial charge in [-0.25, -0.2) is 0 Å². The van der Waals surface area contributed by atoms with E-state index in [0.717, 1.165) is 11.1 Å². The third-order valence-corrected chi connectivity index (χ3v) is 3.96. The first-order chi connectivity index (χ1) is 12.1. The molecule has 6 nitrogen and oxygen atoms in total. The van der Waals surface area contributed by atoms with E-state index in [0.29, 0.717) is 17.9 Å². The molecule has 1 atom stereocenters. The van der Waals surface area contributed by atoms with Crippen LogP contribution in [-0.4, -0.2) is 36.8 Å². The molecule has 0 saturated heterocycles. The number of nitrogens with zero attached hydrogens (tertiary/aromatic N) is 2. The molecule has 0 bridgehead atoms. The average Bonchev–Trinajstić information content (AvgIpc) is 2.73. The second kappa shape index (κ2) is 7.27. The Morgan fingerprint density at radius 3 is 2.56 bits per heavy atom. The van der Waals surface area contributed by atoms with Gasteiger partial charge in [0.15, 0.2) is 6.17 Å². The van der Waals surface area contributed by atoms with Crippen LogP contribution in [-0.2, 0) is 9.59 Å². The number of hydrogen-bond acceptors (Lipinski definition) is 4. The van der Waals surface area contributed by atoms with Crippen LogP contribution in [0.25, 0.3) is 0 Å². The Kier molecular flexibility index (Phi) is 4.90. The molecule has 0 aromatic heterocycles. The van der Waals surface area contributed by atoms with E-state index in [9.17, 15) is 9.59 Å². The number of carbonyl (C=O) groups is 2. The molecule has 3 rings (SSSR count). The quantitative estimate of drug-likeness (QED) is 0.882. The third-order valence-electron chi connectivity index (χ3n) is 3.96. The van der Waals surface area contributed by atoms with Gasteiger partial charge < -0.3 is 11.1 Å². The molecule has 25 heavy (non-hydrogen) atoms. The van der Waals surface area contributed by atoms with Crippen LogP contribution in [0.5, 0.6) is 0 Å². The van der Waals surface area contributed by atoms with Crippen LogP contribution in [0.2, 0.25) is 0 Å². The van der Waals surface area contributed by atoms with E-state index >= 15 is 0 Å². The zero-order valence-corrected chi connectivity index (χ0v) is 14.0. The number of nitrogens with two attached hydrogens (primary N) is 1. The van der Waals surface area contributed by atoms with Crippen LogP contribution >= 0.6 is 0 Å². The van der Waals surface area contributed by atoms with E-state index < -0.39 is 12.1 Å². The summed E-state index contributed by atoms with van der Waals surface area (Å²) in [6, 6.07) is 17.0. The summed E-state index contributed by atoms with van der Waals surface area (Å²) in [5.74, 6) is -0.634. The zero-order valence-electron chi connectivity index (χ0n) is 14.0. The number of likely N-dealkylation sites (N-methyl/N-ethyl adjacent to an activating group) is 1. The maximum absolute atomic E-state index is 12.7. The Balaban J connectivity index is 2.10. The second-order valence-electron chi connectivity index (χ2n) is 5.68. The monoisotopic (exact) mass is 336 g/mol. The molecule has 1 heterocycles. The van der Waals surface area contributed by atoms with Gasteiger partial charge in [-0.3, -0.25) is 19.5 Å². The summed E-state index contributed by atoms with van der Waals surface area (Å²) in [7, 11) is 0. The number of nitrogens with one attached hydrogen (secondary N) is 1. The van der Waals surface area contributed by atoms with Crippen molar-refractivity contribution >= 4 is 23.2 Å². The minimum Gasteiger partial charge on any atom is -0.355 e. The molecular weight excluding hydrogens is 316 g/mol. The maximum atomic E-state index is 12.7. The van der Waals surface area contributed by atoms with Crippen molar-refractivity contribution in [2.45, 2.75) is 13.1 Å². The Labute approximate surface area is 146 Å². The number of aliphatic imine (C=N–C) groups is 1. The van der Waals surface area contributed by atoms with Crippen molar-refractivity contribution in [3.05, 3.63) is 65.7 Å². The average molecular weight is 336 g/mol. The van der Waals surface area contributed by atoms with Crippen molar-refractivity contribution in [2.75, 3.05) is 18.0 Å². The molecule has 2 aromatic carbocycles. The lowest BCUT2D eigenvalue weighted by atomic mass is 10.0. The maximum Gasteiger partial charge on any atom is 0.266 e. The number of rotatable bonds is 4. The fraction of sp³-hybridized carbons (Fsp3) is 0.211. The Morgan fingerprint density at radius 2 is 1.84 bits per heavy atom. The van der Waals surface area contributed by atoms with Crippen LogP contribution < -0.4 is 16.0 Å². The number of anilines is 1. The summed E-state index contributed by atoms with van der Waals surface area (Å²) in [5, 5.41) is 2.71. The molecule has 0 saturated carbocycles. The summed E-state index contributed by atoms with van der Waals surface area (Å²) in [6.45, 7) is 2.24. The van der Waals surface area contributed by atoms with Gasteiger partial charge in [0.25, 0.3) is 5.91 Å². The van der Waals surface area contributed by atoms with E-state index in [1.807, 2.05) is 61.5 Å². The molecular formula is C19H20N4O2. The predicted molar refractivity (Wildman–Crippen MR) is 97.5 cm³/mol. The van der Waals surface area contributed by atoms with Gasteiger partial charge in [0, 0.05) is 17.7 Å². The summed E-state index contributed by atoms with van der Waals surface area (Å²) in [6.07, 6.45) is -1.06. The van der Waals surface area contributed by atoms with Gasteiger partial charge in [-0.2, -0.15) is 0 Å². The third kappa shape index (κ3) is 3.44. The van der Waals surface area contributed by atoms with Gasteiger partial charge in [0.05, 0.1) is 11.4 Å². The zero-order chi connectivity index (χ0) is 17.8. The minimum atomic E-state index is -1.06. The lowest BCUT2D eigenvalue weighted by molar-refractivity contribution is -0.124. The molecule has 0 radical (unpaired) electrons. The highest BCUT2D eigenvalue weighted by molar-refractivity contribution is 6.20. The number of benzene rings is 2. The smallest absolute Gasteiger partial charge is 0.266 e. The fourth-order valence-electron chi connectivity index (χ4n) is 2.84. The van der Waals surface area contributed by atoms with E-state index in [-0.39, 0.29) is 12.5 Å². The van der Waals surface area contributed by atoms with Crippen molar-refractivity contribution in [3.63, 3.8) is 0 Å². The highest BCUT2D eigenvalue weighted by atomic mass is 16.2. The number of amides is 2. The SMILES string of the molecule is CCNC(=O)CN1C(=O)C(N)N=C(c2ccccc2)c2ccccc21. The van der Waals surface area contributed by atoms with Gasteiger partial charge in [-0.05, 0) is 13.0 Å². The number of fused-ring (bicyclic) bond motifs is 1. The lowest BCUT2D eigenvalue weighted by Gasteiger charge is -2.23. The molecule has 6 heteroatoms. The molecule has 0 fully saturated rings. The Bertz CT molecular complexity index is 817. The normalized spacial score (nSPS) is 16.7. The van der Waals surface area contributed by atoms with Gasteiger partial charge in [-0.1, -0.05) is 48.5 Å². The largest absolute Gasteiger partial charge is 0.355 e. The molecule has 1 aliphatic heterocycles. The van der Waals surface area contributed by atoms with Crippen molar-refractivity contribution in [3.8, 4) is 0 Å². The summed E-state index contributed by atoms with van der Waals surface area (Å²) < 4.78 is 0. The molecule has 1 unspecified atom stereocenters. The summed E-state index contributed by atoms with van der Waals surface area (Å²) in [5.41, 5.74) is 8.95. The molecule has 1 aliphatic rings. The van der Waals surface area contributed by atoms with Crippen LogP contribution in [0, 0.1) is 0 Å². The van der Waals surface area contributed by atoms with E-state index in [1.54, 1.807) is 0 Å². The van der Waals surface area contributed by atoms with Gasteiger partial charge in [0.2, 0.25) is 5.91 Å². The van der Waals surface area contributed by atoms with Crippen LogP contribution in [0.1, 0.15) is 18.1 Å². The highest BCUT2D eigenvalue weighted by Gasteiger charge is 2.30. The van der Waals surface area contributed by atoms with Gasteiger partial charge >= 0.3 is 0 Å². The molecule has 128 valence electrons. The van der Waals surface area contributed by atoms with Crippen molar-refractivity contribution < 1.29 is 9.59 Å². The van der Waals surface area contributed by atoms with Crippen LogP contribution in [0.15, 0.2) is 59.6 Å². The van der Waals surface area contributed by atoms with Crippen molar-refractivity contribution in [1.29, 1.82) is 0 Å². The topological polar surface area (TPSA) is 87.8 Å². The summed E-state index contributed by atoms with van der Waals surface area (Å²) >= 11 is 0. The second-order valence-corrected chi connectivity index (χ2v) is 5.68. The first-order valence-electron chi connectivity index (χ1n) is 8.18. The van der Waals surface area contributed by atoms with E-state index in [2.05, 4.69) is 10.3 Å². The number of para-hydroxylation sites is 1. The predicted octanol–water partition coefficient (Wildman–Crippen LogP) is 1.29. The molecule has 0 aliphatic carbocycles. The fourth-order valence-corrected chi connectivity index (χ4v) is 2.84. The minimum absolute atomic E-state index is 0.0883. The molecule has 2 aromatic rings. The first kappa shape index (κ1) is 16.9. The Hall–Kier alpha value is -2.99. The number of carbonyl (C=O) groups excluding carboxylic acids is 2.